The van der Waals surface area contributed by atoms with E-state index >= 15 is 0 Å². The van der Waals surface area contributed by atoms with E-state index in [1.165, 1.54) is 0 Å². The summed E-state index contributed by atoms with van der Waals surface area (Å²) in [7, 11) is 0. The fourth-order valence-corrected chi connectivity index (χ4v) is 2.25. The van der Waals surface area contributed by atoms with E-state index in [2.05, 4.69) is 11.2 Å². The number of rotatable bonds is 5. The Bertz CT molecular complexity index is 701. The van der Waals surface area contributed by atoms with Crippen LogP contribution in [0.4, 0.5) is 0 Å². The van der Waals surface area contributed by atoms with Gasteiger partial charge in [0.25, 0.3) is 0 Å². The van der Waals surface area contributed by atoms with Crippen LogP contribution < -0.4 is 0 Å². The number of furan rings is 1. The number of hydrogen-bond acceptors (Lipinski definition) is 3. The van der Waals surface area contributed by atoms with Gasteiger partial charge in [0.1, 0.15) is 0 Å². The molecule has 0 unspecified atom stereocenters. The Morgan fingerprint density at radius 2 is 2.05 bits per heavy atom. The normalized spacial score (nSPS) is 12.5. The Hall–Kier alpha value is -2.33. The molecule has 0 amide bonds. The molecule has 0 saturated heterocycles. The number of nitrogens with zero attached hydrogens (tertiary/aromatic N) is 2. The molecule has 3 rings (SSSR count). The highest BCUT2D eigenvalue weighted by atomic mass is 16.3. The minimum Gasteiger partial charge on any atom is -0.472 e. The van der Waals surface area contributed by atoms with Crippen molar-refractivity contribution < 1.29 is 9.52 Å². The third-order valence-corrected chi connectivity index (χ3v) is 3.52. The predicted octanol–water partition coefficient (Wildman–Crippen LogP) is 3.58. The lowest BCUT2D eigenvalue weighted by atomic mass is 10.0. The maximum Gasteiger partial charge on any atom is 0.0980 e. The largest absolute Gasteiger partial charge is 0.472 e. The average Bonchev–Trinajstić information content (AvgIpc) is 3.19. The second-order valence-corrected chi connectivity index (χ2v) is 5.08. The van der Waals surface area contributed by atoms with E-state index in [1.807, 2.05) is 43.5 Å². The van der Waals surface area contributed by atoms with E-state index in [0.29, 0.717) is 6.54 Å². The Balaban J connectivity index is 1.86. The van der Waals surface area contributed by atoms with Crippen molar-refractivity contribution in [1.29, 1.82) is 0 Å². The molecule has 0 saturated carbocycles. The molecule has 1 atom stereocenters. The van der Waals surface area contributed by atoms with Gasteiger partial charge in [-0.1, -0.05) is 25.1 Å². The molecule has 4 heteroatoms. The molecule has 0 aliphatic heterocycles. The lowest BCUT2D eigenvalue weighted by Gasteiger charge is -2.07. The monoisotopic (exact) mass is 282 g/mol. The number of aliphatic hydroxyl groups is 1. The summed E-state index contributed by atoms with van der Waals surface area (Å²) in [6.45, 7) is 2.49. The lowest BCUT2D eigenvalue weighted by molar-refractivity contribution is 0.145. The fraction of sp³-hybridized carbons (Fsp3) is 0.235. The van der Waals surface area contributed by atoms with Crippen molar-refractivity contribution in [3.63, 3.8) is 0 Å². The molecule has 1 N–H and O–H groups in total. The zero-order valence-corrected chi connectivity index (χ0v) is 11.9. The molecule has 1 aromatic carbocycles. The molecule has 0 radical (unpaired) electrons. The van der Waals surface area contributed by atoms with E-state index in [0.717, 1.165) is 28.8 Å². The molecule has 21 heavy (non-hydrogen) atoms. The summed E-state index contributed by atoms with van der Waals surface area (Å²) < 4.78 is 6.91. The molecule has 0 aliphatic rings. The van der Waals surface area contributed by atoms with Gasteiger partial charge in [0.2, 0.25) is 0 Å². The first-order valence-electron chi connectivity index (χ1n) is 7.11. The van der Waals surface area contributed by atoms with Crippen LogP contribution in [0.2, 0.25) is 0 Å². The van der Waals surface area contributed by atoms with Crippen LogP contribution >= 0.6 is 0 Å². The highest BCUT2D eigenvalue weighted by Crippen LogP contribution is 2.25. The van der Waals surface area contributed by atoms with E-state index in [-0.39, 0.29) is 6.10 Å². The second-order valence-electron chi connectivity index (χ2n) is 5.08. The summed E-state index contributed by atoms with van der Waals surface area (Å²) >= 11 is 0. The average molecular weight is 282 g/mol. The molecule has 2 aromatic heterocycles. The van der Waals surface area contributed by atoms with Crippen molar-refractivity contribution in [3.8, 4) is 22.4 Å². The summed E-state index contributed by atoms with van der Waals surface area (Å²) in [6.07, 6.45) is 5.68. The zero-order valence-electron chi connectivity index (χ0n) is 11.9. The molecular formula is C17H18N2O2. The summed E-state index contributed by atoms with van der Waals surface area (Å²) in [5.41, 5.74) is 4.11. The van der Waals surface area contributed by atoms with Gasteiger partial charge in [-0.25, -0.2) is 0 Å². The van der Waals surface area contributed by atoms with Crippen LogP contribution in [0.5, 0.6) is 0 Å². The zero-order chi connectivity index (χ0) is 14.7. The Labute approximate surface area is 123 Å². The SMILES string of the molecule is CC[C@H](O)Cn1ccc(-c2cccc(-c3ccoc3)c2)n1. The topological polar surface area (TPSA) is 51.2 Å². The second kappa shape index (κ2) is 5.97. The first-order valence-corrected chi connectivity index (χ1v) is 7.11. The van der Waals surface area contributed by atoms with Crippen LogP contribution in [0.3, 0.4) is 0 Å². The number of hydrogen-bond donors (Lipinski definition) is 1. The van der Waals surface area contributed by atoms with Crippen molar-refractivity contribution in [2.24, 2.45) is 0 Å². The maximum atomic E-state index is 9.69. The Kier molecular flexibility index (Phi) is 3.88. The third kappa shape index (κ3) is 3.06. The van der Waals surface area contributed by atoms with Gasteiger partial charge in [-0.15, -0.1) is 0 Å². The van der Waals surface area contributed by atoms with Crippen LogP contribution in [0.25, 0.3) is 22.4 Å². The van der Waals surface area contributed by atoms with E-state index < -0.39 is 0 Å². The van der Waals surface area contributed by atoms with Gasteiger partial charge < -0.3 is 9.52 Å². The highest BCUT2D eigenvalue weighted by molar-refractivity contribution is 5.70. The van der Waals surface area contributed by atoms with Gasteiger partial charge in [-0.3, -0.25) is 4.68 Å². The maximum absolute atomic E-state index is 9.69. The standard InChI is InChI=1S/C17H18N2O2/c1-2-16(20)11-19-8-6-17(18-19)14-5-3-4-13(10-14)15-7-9-21-12-15/h3-10,12,16,20H,2,11H2,1H3/t16-/m0/s1. The predicted molar refractivity (Wildman–Crippen MR) is 81.7 cm³/mol. The van der Waals surface area contributed by atoms with E-state index in [4.69, 9.17) is 4.42 Å². The van der Waals surface area contributed by atoms with Gasteiger partial charge in [0.05, 0.1) is 30.9 Å². The van der Waals surface area contributed by atoms with Crippen molar-refractivity contribution in [3.05, 3.63) is 55.1 Å². The van der Waals surface area contributed by atoms with Gasteiger partial charge in [0, 0.05) is 17.3 Å². The Morgan fingerprint density at radius 1 is 1.19 bits per heavy atom. The molecule has 3 aromatic rings. The van der Waals surface area contributed by atoms with Crippen molar-refractivity contribution in [2.45, 2.75) is 26.0 Å². The molecule has 108 valence electrons. The van der Waals surface area contributed by atoms with E-state index in [9.17, 15) is 5.11 Å². The molecule has 2 heterocycles. The van der Waals surface area contributed by atoms with Crippen LogP contribution in [-0.4, -0.2) is 21.0 Å². The van der Waals surface area contributed by atoms with Crippen molar-refractivity contribution in [1.82, 2.24) is 9.78 Å². The van der Waals surface area contributed by atoms with Crippen molar-refractivity contribution in [2.75, 3.05) is 0 Å². The summed E-state index contributed by atoms with van der Waals surface area (Å²) in [6, 6.07) is 12.1. The summed E-state index contributed by atoms with van der Waals surface area (Å²) in [4.78, 5) is 0. The quantitative estimate of drug-likeness (QED) is 0.778. The molecule has 0 bridgehead atoms. The Morgan fingerprint density at radius 3 is 2.81 bits per heavy atom. The molecule has 0 aliphatic carbocycles. The number of aromatic nitrogens is 2. The summed E-state index contributed by atoms with van der Waals surface area (Å²) in [5.74, 6) is 0. The first kappa shape index (κ1) is 13.6. The number of aliphatic hydroxyl groups excluding tert-OH is 1. The fourth-order valence-electron chi connectivity index (χ4n) is 2.25. The van der Waals surface area contributed by atoms with Gasteiger partial charge in [-0.05, 0) is 30.2 Å². The van der Waals surface area contributed by atoms with E-state index in [1.54, 1.807) is 17.2 Å². The molecule has 4 nitrogen and oxygen atoms in total. The van der Waals surface area contributed by atoms with Crippen LogP contribution in [-0.2, 0) is 6.54 Å². The number of benzene rings is 1. The van der Waals surface area contributed by atoms with Gasteiger partial charge >= 0.3 is 0 Å². The minimum atomic E-state index is -0.352. The minimum absolute atomic E-state index is 0.352. The molecular weight excluding hydrogens is 264 g/mol. The first-order chi connectivity index (χ1) is 10.3. The smallest absolute Gasteiger partial charge is 0.0980 e. The van der Waals surface area contributed by atoms with Crippen molar-refractivity contribution >= 4 is 0 Å². The highest BCUT2D eigenvalue weighted by Gasteiger charge is 2.07. The van der Waals surface area contributed by atoms with Crippen LogP contribution in [0.1, 0.15) is 13.3 Å². The molecule has 0 fully saturated rings. The lowest BCUT2D eigenvalue weighted by Crippen LogP contribution is -2.14. The van der Waals surface area contributed by atoms with Gasteiger partial charge in [0.15, 0.2) is 0 Å². The van der Waals surface area contributed by atoms with Crippen LogP contribution in [0, 0.1) is 0 Å². The van der Waals surface area contributed by atoms with Crippen LogP contribution in [0.15, 0.2) is 59.5 Å². The molecule has 0 spiro atoms. The van der Waals surface area contributed by atoms with Gasteiger partial charge in [-0.2, -0.15) is 5.10 Å². The third-order valence-electron chi connectivity index (χ3n) is 3.52. The summed E-state index contributed by atoms with van der Waals surface area (Å²) in [5, 5.41) is 14.2.